The molecule has 16 heavy (non-hydrogen) atoms. The lowest BCUT2D eigenvalue weighted by atomic mass is 10.2. The molecule has 0 saturated heterocycles. The maximum atomic E-state index is 11.7. The van der Waals surface area contributed by atoms with Crippen molar-refractivity contribution in [2.24, 2.45) is 0 Å². The first-order valence-electron chi connectivity index (χ1n) is 4.60. The molecule has 1 heterocycles. The van der Waals surface area contributed by atoms with Crippen molar-refractivity contribution < 1.29 is 4.79 Å². The molecule has 0 unspecified atom stereocenters. The first-order valence-corrected chi connectivity index (χ1v) is 5.39. The molecule has 5 heteroatoms. The molecule has 80 valence electrons. The highest BCUT2D eigenvalue weighted by atomic mass is 79.9. The maximum Gasteiger partial charge on any atom is 0.256 e. The number of carbonyl (C=O) groups is 1. The third-order valence-electron chi connectivity index (χ3n) is 1.92. The fourth-order valence-corrected chi connectivity index (χ4v) is 1.42. The second-order valence-electron chi connectivity index (χ2n) is 3.07. The van der Waals surface area contributed by atoms with Crippen LogP contribution in [0.3, 0.4) is 0 Å². The number of halogens is 1. The van der Waals surface area contributed by atoms with Gasteiger partial charge in [-0.25, -0.2) is 0 Å². The van der Waals surface area contributed by atoms with Gasteiger partial charge in [-0.15, -0.1) is 5.10 Å². The van der Waals surface area contributed by atoms with Crippen LogP contribution in [0.2, 0.25) is 0 Å². The maximum absolute atomic E-state index is 11.7. The predicted octanol–water partition coefficient (Wildman–Crippen LogP) is 2.49. The van der Waals surface area contributed by atoms with Crippen molar-refractivity contribution in [2.45, 2.75) is 0 Å². The van der Waals surface area contributed by atoms with Gasteiger partial charge in [-0.05, 0) is 36.4 Å². The normalized spacial score (nSPS) is 9.81. The summed E-state index contributed by atoms with van der Waals surface area (Å²) in [7, 11) is 0. The van der Waals surface area contributed by atoms with Gasteiger partial charge in [-0.2, -0.15) is 5.10 Å². The summed E-state index contributed by atoms with van der Waals surface area (Å²) in [4.78, 5) is 11.7. The molecular formula is C11H8BrN3O. The molecule has 0 saturated carbocycles. The monoisotopic (exact) mass is 277 g/mol. The molecule has 2 rings (SSSR count). The Kier molecular flexibility index (Phi) is 3.26. The average Bonchev–Trinajstić information content (AvgIpc) is 2.31. The Hall–Kier alpha value is -1.75. The molecule has 0 aliphatic rings. The van der Waals surface area contributed by atoms with Crippen LogP contribution in [0.25, 0.3) is 0 Å². The number of amides is 1. The number of hydrogen-bond donors (Lipinski definition) is 1. The van der Waals surface area contributed by atoms with Crippen molar-refractivity contribution in [3.63, 3.8) is 0 Å². The van der Waals surface area contributed by atoms with Crippen LogP contribution in [0.5, 0.6) is 0 Å². The van der Waals surface area contributed by atoms with Crippen LogP contribution >= 0.6 is 15.9 Å². The summed E-state index contributed by atoms with van der Waals surface area (Å²) in [5.74, 6) is 0.239. The van der Waals surface area contributed by atoms with Crippen molar-refractivity contribution in [3.8, 4) is 0 Å². The van der Waals surface area contributed by atoms with E-state index in [-0.39, 0.29) is 5.91 Å². The molecule has 4 nitrogen and oxygen atoms in total. The molecule has 1 N–H and O–H groups in total. The van der Waals surface area contributed by atoms with Crippen LogP contribution in [0, 0.1) is 0 Å². The van der Waals surface area contributed by atoms with Crippen molar-refractivity contribution in [1.82, 2.24) is 10.2 Å². The zero-order valence-electron chi connectivity index (χ0n) is 8.22. The first kappa shape index (κ1) is 10.8. The molecular weight excluding hydrogens is 270 g/mol. The fraction of sp³-hybridized carbons (Fsp3) is 0. The van der Waals surface area contributed by atoms with E-state index in [1.54, 1.807) is 30.5 Å². The third kappa shape index (κ3) is 2.64. The van der Waals surface area contributed by atoms with Crippen molar-refractivity contribution in [3.05, 3.63) is 52.6 Å². The number of rotatable bonds is 2. The minimum Gasteiger partial charge on any atom is -0.305 e. The van der Waals surface area contributed by atoms with E-state index in [1.165, 1.54) is 0 Å². The van der Waals surface area contributed by atoms with Gasteiger partial charge in [-0.3, -0.25) is 4.79 Å². The van der Waals surface area contributed by atoms with E-state index in [4.69, 9.17) is 0 Å². The zero-order chi connectivity index (χ0) is 11.4. The zero-order valence-corrected chi connectivity index (χ0v) is 9.81. The number of aromatic nitrogens is 2. The molecule has 0 atom stereocenters. The summed E-state index contributed by atoms with van der Waals surface area (Å²) >= 11 is 3.31. The Morgan fingerprint density at radius 2 is 1.94 bits per heavy atom. The Morgan fingerprint density at radius 1 is 1.19 bits per heavy atom. The first-order chi connectivity index (χ1) is 7.75. The van der Waals surface area contributed by atoms with E-state index < -0.39 is 0 Å². The molecule has 0 bridgehead atoms. The Balaban J connectivity index is 2.12. The van der Waals surface area contributed by atoms with Crippen LogP contribution in [0.1, 0.15) is 10.4 Å². The second kappa shape index (κ2) is 4.85. The highest BCUT2D eigenvalue weighted by Gasteiger charge is 2.05. The van der Waals surface area contributed by atoms with Gasteiger partial charge in [0.05, 0.1) is 0 Å². The van der Waals surface area contributed by atoms with Crippen LogP contribution in [-0.4, -0.2) is 16.1 Å². The molecule has 0 fully saturated rings. The number of nitrogens with zero attached hydrogens (tertiary/aromatic N) is 2. The van der Waals surface area contributed by atoms with Gasteiger partial charge >= 0.3 is 0 Å². The SMILES string of the molecule is O=C(Nc1cccnn1)c1ccc(Br)cc1. The van der Waals surface area contributed by atoms with Gasteiger partial charge in [-0.1, -0.05) is 15.9 Å². The van der Waals surface area contributed by atoms with Gasteiger partial charge in [0.25, 0.3) is 5.91 Å². The highest BCUT2D eigenvalue weighted by Crippen LogP contribution is 2.11. The number of carbonyl (C=O) groups excluding carboxylic acids is 1. The lowest BCUT2D eigenvalue weighted by molar-refractivity contribution is 0.102. The molecule has 1 aromatic carbocycles. The van der Waals surface area contributed by atoms with Crippen molar-refractivity contribution >= 4 is 27.7 Å². The van der Waals surface area contributed by atoms with E-state index in [1.807, 2.05) is 12.1 Å². The summed E-state index contributed by atoms with van der Waals surface area (Å²) in [5.41, 5.74) is 0.578. The van der Waals surface area contributed by atoms with Gasteiger partial charge in [0.2, 0.25) is 0 Å². The molecule has 1 amide bonds. The molecule has 2 aromatic rings. The van der Waals surface area contributed by atoms with E-state index in [2.05, 4.69) is 31.4 Å². The lowest BCUT2D eigenvalue weighted by Crippen LogP contribution is -2.12. The number of nitrogens with one attached hydrogen (secondary N) is 1. The van der Waals surface area contributed by atoms with Crippen LogP contribution < -0.4 is 5.32 Å². The Morgan fingerprint density at radius 3 is 2.56 bits per heavy atom. The van der Waals surface area contributed by atoms with E-state index >= 15 is 0 Å². The van der Waals surface area contributed by atoms with Gasteiger partial charge in [0, 0.05) is 16.2 Å². The largest absolute Gasteiger partial charge is 0.305 e. The minimum atomic E-state index is -0.201. The van der Waals surface area contributed by atoms with Gasteiger partial charge < -0.3 is 5.32 Å². The van der Waals surface area contributed by atoms with Crippen LogP contribution in [0.15, 0.2) is 47.1 Å². The predicted molar refractivity (Wildman–Crippen MR) is 64.1 cm³/mol. The van der Waals surface area contributed by atoms with Crippen molar-refractivity contribution in [1.29, 1.82) is 0 Å². The smallest absolute Gasteiger partial charge is 0.256 e. The average molecular weight is 278 g/mol. The topological polar surface area (TPSA) is 54.9 Å². The van der Waals surface area contributed by atoms with E-state index in [0.29, 0.717) is 11.4 Å². The van der Waals surface area contributed by atoms with Crippen LogP contribution in [-0.2, 0) is 0 Å². The molecule has 0 aliphatic carbocycles. The van der Waals surface area contributed by atoms with Gasteiger partial charge in [0.15, 0.2) is 5.82 Å². The summed E-state index contributed by atoms with van der Waals surface area (Å²) < 4.78 is 0.934. The molecule has 1 aromatic heterocycles. The summed E-state index contributed by atoms with van der Waals surface area (Å²) in [6.07, 6.45) is 1.55. The standard InChI is InChI=1S/C11H8BrN3O/c12-9-5-3-8(4-6-9)11(16)14-10-2-1-7-13-15-10/h1-7H,(H,14,15,16). The summed E-state index contributed by atoms with van der Waals surface area (Å²) in [6.45, 7) is 0. The van der Waals surface area contributed by atoms with Crippen LogP contribution in [0.4, 0.5) is 5.82 Å². The molecule has 0 aliphatic heterocycles. The fourth-order valence-electron chi connectivity index (χ4n) is 1.16. The Labute approximate surface area is 101 Å². The highest BCUT2D eigenvalue weighted by molar-refractivity contribution is 9.10. The Bertz CT molecular complexity index is 484. The second-order valence-corrected chi connectivity index (χ2v) is 3.99. The quantitative estimate of drug-likeness (QED) is 0.918. The molecule has 0 spiro atoms. The third-order valence-corrected chi connectivity index (χ3v) is 2.45. The summed E-state index contributed by atoms with van der Waals surface area (Å²) in [5, 5.41) is 10.1. The number of anilines is 1. The van der Waals surface area contributed by atoms with E-state index in [0.717, 1.165) is 4.47 Å². The lowest BCUT2D eigenvalue weighted by Gasteiger charge is -2.02. The van der Waals surface area contributed by atoms with E-state index in [9.17, 15) is 4.79 Å². The summed E-state index contributed by atoms with van der Waals surface area (Å²) in [6, 6.07) is 10.5. The van der Waals surface area contributed by atoms with Crippen molar-refractivity contribution in [2.75, 3.05) is 5.32 Å². The number of hydrogen-bond acceptors (Lipinski definition) is 3. The van der Waals surface area contributed by atoms with Gasteiger partial charge in [0.1, 0.15) is 0 Å². The minimum absolute atomic E-state index is 0.201. The molecule has 0 radical (unpaired) electrons. The number of benzene rings is 1.